The van der Waals surface area contributed by atoms with Crippen molar-refractivity contribution in [3.8, 4) is 22.7 Å². The van der Waals surface area contributed by atoms with E-state index in [-0.39, 0.29) is 5.75 Å². The molecule has 0 saturated carbocycles. The molecule has 0 saturated heterocycles. The highest BCUT2D eigenvalue weighted by molar-refractivity contribution is 7.78. The van der Waals surface area contributed by atoms with Crippen LogP contribution in [0.4, 0.5) is 0 Å². The van der Waals surface area contributed by atoms with E-state index in [9.17, 15) is 8.76 Å². The van der Waals surface area contributed by atoms with E-state index in [1.807, 2.05) is 35.8 Å². The minimum atomic E-state index is -2.17. The average molecular weight is 377 g/mol. The van der Waals surface area contributed by atoms with Crippen LogP contribution < -0.4 is 4.74 Å². The van der Waals surface area contributed by atoms with Crippen molar-refractivity contribution < 1.29 is 13.5 Å². The van der Waals surface area contributed by atoms with Crippen LogP contribution in [-0.2, 0) is 16.8 Å². The van der Waals surface area contributed by atoms with Gasteiger partial charge in [-0.2, -0.15) is 0 Å². The van der Waals surface area contributed by atoms with Gasteiger partial charge in [0.25, 0.3) is 0 Å². The molecule has 8 heteroatoms. The molecule has 0 aliphatic rings. The predicted molar refractivity (Wildman–Crippen MR) is 95.6 cm³/mol. The van der Waals surface area contributed by atoms with Gasteiger partial charge in [-0.05, 0) is 54.4 Å². The van der Waals surface area contributed by atoms with Gasteiger partial charge in [0.1, 0.15) is 12.1 Å². The van der Waals surface area contributed by atoms with E-state index in [1.165, 1.54) is 0 Å². The number of ether oxygens (including phenoxy) is 1. The number of hydrogen-bond acceptors (Lipinski definition) is 5. The van der Waals surface area contributed by atoms with Crippen LogP contribution in [0.5, 0.6) is 5.75 Å². The lowest BCUT2D eigenvalue weighted by molar-refractivity contribution is 0.340. The quantitative estimate of drug-likeness (QED) is 0.616. The third-order valence-corrected chi connectivity index (χ3v) is 4.32. The third kappa shape index (κ3) is 4.07. The maximum absolute atomic E-state index is 10.8. The Balaban J connectivity index is 1.95. The Morgan fingerprint density at radius 1 is 1.20 bits per heavy atom. The zero-order valence-electron chi connectivity index (χ0n) is 13.4. The Morgan fingerprint density at radius 2 is 1.96 bits per heavy atom. The van der Waals surface area contributed by atoms with Crippen molar-refractivity contribution in [3.63, 3.8) is 0 Å². The van der Waals surface area contributed by atoms with Crippen LogP contribution in [0.2, 0.25) is 5.15 Å². The second-order valence-electron chi connectivity index (χ2n) is 5.17. The number of hydrogen-bond donors (Lipinski definition) is 0. The van der Waals surface area contributed by atoms with E-state index >= 15 is 0 Å². The maximum Gasteiger partial charge on any atom is 0.155 e. The molecule has 1 atom stereocenters. The number of benzene rings is 1. The van der Waals surface area contributed by atoms with Crippen molar-refractivity contribution >= 4 is 22.7 Å². The minimum Gasteiger partial charge on any atom is -0.772 e. The maximum atomic E-state index is 10.8. The van der Waals surface area contributed by atoms with Gasteiger partial charge in [-0.25, -0.2) is 4.98 Å². The van der Waals surface area contributed by atoms with Gasteiger partial charge in [0.05, 0.1) is 35.6 Å². The van der Waals surface area contributed by atoms with E-state index in [1.54, 1.807) is 24.7 Å². The molecule has 0 bridgehead atoms. The van der Waals surface area contributed by atoms with E-state index in [0.29, 0.717) is 17.5 Å². The molecule has 3 aromatic rings. The molecule has 2 aromatic heterocycles. The largest absolute Gasteiger partial charge is 0.772 e. The molecule has 0 radical (unpaired) electrons. The highest BCUT2D eigenvalue weighted by atomic mass is 35.5. The van der Waals surface area contributed by atoms with Crippen molar-refractivity contribution in [2.75, 3.05) is 6.61 Å². The minimum absolute atomic E-state index is 0.114. The Labute approximate surface area is 152 Å². The number of nitrogens with zero attached hydrogens (tertiary/aromatic N) is 3. The molecular formula is C17H15ClN3O3S-. The average Bonchev–Trinajstić information content (AvgIpc) is 2.98. The van der Waals surface area contributed by atoms with Crippen LogP contribution in [0.1, 0.15) is 12.6 Å². The molecule has 0 fully saturated rings. The first-order valence-corrected chi connectivity index (χ1v) is 9.18. The fraction of sp³-hybridized carbons (Fsp3) is 0.176. The monoisotopic (exact) mass is 376 g/mol. The Morgan fingerprint density at radius 3 is 2.56 bits per heavy atom. The summed E-state index contributed by atoms with van der Waals surface area (Å²) >= 11 is 4.10. The molecule has 3 rings (SSSR count). The second kappa shape index (κ2) is 7.77. The lowest BCUT2D eigenvalue weighted by Crippen LogP contribution is -2.00. The van der Waals surface area contributed by atoms with Gasteiger partial charge in [0, 0.05) is 5.56 Å². The Kier molecular flexibility index (Phi) is 5.47. The summed E-state index contributed by atoms with van der Waals surface area (Å²) in [5.74, 6) is 0.668. The van der Waals surface area contributed by atoms with E-state index in [2.05, 4.69) is 9.97 Å². The van der Waals surface area contributed by atoms with Gasteiger partial charge in [-0.15, -0.1) is 0 Å². The van der Waals surface area contributed by atoms with Gasteiger partial charge in [0.2, 0.25) is 0 Å². The lowest BCUT2D eigenvalue weighted by Gasteiger charge is -2.11. The summed E-state index contributed by atoms with van der Waals surface area (Å²) in [6.45, 7) is 2.53. The van der Waals surface area contributed by atoms with Crippen molar-refractivity contribution in [1.29, 1.82) is 0 Å². The van der Waals surface area contributed by atoms with Crippen LogP contribution >= 0.6 is 11.6 Å². The zero-order valence-corrected chi connectivity index (χ0v) is 15.0. The number of aromatic nitrogens is 3. The summed E-state index contributed by atoms with van der Waals surface area (Å²) in [5, 5.41) is 0.369. The first-order chi connectivity index (χ1) is 12.1. The van der Waals surface area contributed by atoms with Gasteiger partial charge >= 0.3 is 0 Å². The molecule has 1 unspecified atom stereocenters. The highest BCUT2D eigenvalue weighted by Crippen LogP contribution is 2.30. The molecule has 2 heterocycles. The molecule has 130 valence electrons. The van der Waals surface area contributed by atoms with Crippen LogP contribution in [0.25, 0.3) is 16.9 Å². The van der Waals surface area contributed by atoms with E-state index in [4.69, 9.17) is 16.3 Å². The standard InChI is InChI=1S/C17H16ClN3O3S/c1-2-24-15-7-3-12(4-8-15)16-17(18)20-11-21(16)14-6-5-13(19-9-14)10-25(22)23/h3-9,11H,2,10H2,1H3,(H,22,23)/p-1. The molecule has 0 aliphatic carbocycles. The van der Waals surface area contributed by atoms with Gasteiger partial charge < -0.3 is 9.29 Å². The number of halogens is 1. The van der Waals surface area contributed by atoms with Crippen LogP contribution in [0.3, 0.4) is 0 Å². The Bertz CT molecular complexity index is 879. The van der Waals surface area contributed by atoms with Crippen LogP contribution in [0.15, 0.2) is 48.9 Å². The topological polar surface area (TPSA) is 80.1 Å². The predicted octanol–water partition coefficient (Wildman–Crippen LogP) is 3.37. The summed E-state index contributed by atoms with van der Waals surface area (Å²) < 4.78 is 28.8. The van der Waals surface area contributed by atoms with Crippen molar-refractivity contribution in [2.45, 2.75) is 12.7 Å². The molecule has 1 aromatic carbocycles. The molecule has 0 amide bonds. The van der Waals surface area contributed by atoms with Crippen molar-refractivity contribution in [1.82, 2.24) is 14.5 Å². The molecule has 25 heavy (non-hydrogen) atoms. The van der Waals surface area contributed by atoms with Gasteiger partial charge in [-0.3, -0.25) is 13.8 Å². The summed E-state index contributed by atoms with van der Waals surface area (Å²) in [7, 11) is 0. The zero-order chi connectivity index (χ0) is 17.8. The van der Waals surface area contributed by atoms with Gasteiger partial charge in [-0.1, -0.05) is 11.6 Å². The fourth-order valence-electron chi connectivity index (χ4n) is 2.42. The molecule has 0 aliphatic heterocycles. The summed E-state index contributed by atoms with van der Waals surface area (Å²) in [6, 6.07) is 11.0. The number of pyridine rings is 1. The Hall–Kier alpha value is -2.22. The van der Waals surface area contributed by atoms with E-state index < -0.39 is 11.1 Å². The first-order valence-electron chi connectivity index (χ1n) is 7.55. The summed E-state index contributed by atoms with van der Waals surface area (Å²) in [6.07, 6.45) is 3.20. The molecule has 0 spiro atoms. The third-order valence-electron chi connectivity index (χ3n) is 3.51. The van der Waals surface area contributed by atoms with Crippen LogP contribution in [-0.4, -0.2) is 29.9 Å². The first kappa shape index (κ1) is 17.6. The van der Waals surface area contributed by atoms with Crippen molar-refractivity contribution in [3.05, 3.63) is 59.8 Å². The van der Waals surface area contributed by atoms with E-state index in [0.717, 1.165) is 22.7 Å². The number of rotatable bonds is 6. The summed E-state index contributed by atoms with van der Waals surface area (Å²) in [5.41, 5.74) is 2.83. The number of imidazole rings is 1. The highest BCUT2D eigenvalue weighted by Gasteiger charge is 2.13. The normalized spacial score (nSPS) is 12.1. The van der Waals surface area contributed by atoms with Crippen molar-refractivity contribution in [2.24, 2.45) is 0 Å². The summed E-state index contributed by atoms with van der Waals surface area (Å²) in [4.78, 5) is 8.34. The second-order valence-corrected chi connectivity index (χ2v) is 6.42. The molecule has 6 nitrogen and oxygen atoms in total. The van der Waals surface area contributed by atoms with Crippen LogP contribution in [0, 0.1) is 0 Å². The molecule has 0 N–H and O–H groups in total. The molecular weight excluding hydrogens is 362 g/mol. The smallest absolute Gasteiger partial charge is 0.155 e. The SMILES string of the molecule is CCOc1ccc(-c2c(Cl)ncn2-c2ccc(CS(=O)[O-])nc2)cc1. The lowest BCUT2D eigenvalue weighted by atomic mass is 10.1. The van der Waals surface area contributed by atoms with Gasteiger partial charge in [0.15, 0.2) is 5.15 Å². The fourth-order valence-corrected chi connectivity index (χ4v) is 3.08.